The Morgan fingerprint density at radius 3 is 1.24 bits per heavy atom. The SMILES string of the molecule is O=C(O)c1ccc2c(c1)[Si]1(c3cc(Br)ccc3-c3ccc(Br)cc31)c1cc(C(=O)O)ccc1-2. The molecule has 2 heterocycles. The maximum atomic E-state index is 11.9. The van der Waals surface area contributed by atoms with Crippen molar-refractivity contribution in [2.45, 2.75) is 0 Å². The Morgan fingerprint density at radius 1 is 0.545 bits per heavy atom. The summed E-state index contributed by atoms with van der Waals surface area (Å²) in [5.74, 6) is -1.96. The average Bonchev–Trinajstić information content (AvgIpc) is 3.24. The molecular weight excluding hydrogens is 564 g/mol. The van der Waals surface area contributed by atoms with Gasteiger partial charge in [0.05, 0.1) is 11.1 Å². The van der Waals surface area contributed by atoms with Crippen molar-refractivity contribution in [1.29, 1.82) is 0 Å². The van der Waals surface area contributed by atoms with Gasteiger partial charge in [-0.25, -0.2) is 9.59 Å². The molecule has 0 aliphatic carbocycles. The number of fused-ring (bicyclic) bond motifs is 10. The van der Waals surface area contributed by atoms with Crippen molar-refractivity contribution < 1.29 is 19.8 Å². The van der Waals surface area contributed by atoms with E-state index >= 15 is 0 Å². The van der Waals surface area contributed by atoms with E-state index in [0.29, 0.717) is 0 Å². The van der Waals surface area contributed by atoms with E-state index in [1.165, 1.54) is 0 Å². The van der Waals surface area contributed by atoms with Gasteiger partial charge in [0.2, 0.25) is 0 Å². The molecular formula is C26H14Br2O4Si. The minimum absolute atomic E-state index is 0.229. The van der Waals surface area contributed by atoms with Crippen LogP contribution >= 0.6 is 31.9 Å². The van der Waals surface area contributed by atoms with Crippen LogP contribution in [0.1, 0.15) is 20.7 Å². The van der Waals surface area contributed by atoms with Crippen molar-refractivity contribution in [3.63, 3.8) is 0 Å². The average molecular weight is 578 g/mol. The third kappa shape index (κ3) is 2.67. The highest BCUT2D eigenvalue weighted by molar-refractivity contribution is 9.10. The molecule has 0 atom stereocenters. The van der Waals surface area contributed by atoms with Crippen molar-refractivity contribution in [2.24, 2.45) is 0 Å². The van der Waals surface area contributed by atoms with Crippen LogP contribution in [-0.4, -0.2) is 30.2 Å². The van der Waals surface area contributed by atoms with Gasteiger partial charge in [-0.15, -0.1) is 0 Å². The first-order valence-electron chi connectivity index (χ1n) is 10.2. The third-order valence-corrected chi connectivity index (χ3v) is 12.6. The summed E-state index contributed by atoms with van der Waals surface area (Å²) in [5, 5.41) is 23.8. The zero-order valence-corrected chi connectivity index (χ0v) is 21.1. The number of rotatable bonds is 2. The Balaban J connectivity index is 1.85. The molecule has 2 aliphatic heterocycles. The van der Waals surface area contributed by atoms with Gasteiger partial charge in [0, 0.05) is 8.95 Å². The highest BCUT2D eigenvalue weighted by atomic mass is 79.9. The summed E-state index contributed by atoms with van der Waals surface area (Å²) >= 11 is 7.27. The molecule has 4 aromatic carbocycles. The predicted octanol–water partition coefficient (Wildman–Crippen LogP) is 3.95. The lowest BCUT2D eigenvalue weighted by Gasteiger charge is -2.28. The normalized spacial score (nSPS) is 13.9. The fraction of sp³-hybridized carbons (Fsp3) is 0. The zero-order valence-electron chi connectivity index (χ0n) is 16.9. The van der Waals surface area contributed by atoms with Crippen LogP contribution in [0.3, 0.4) is 0 Å². The van der Waals surface area contributed by atoms with Gasteiger partial charge >= 0.3 is 11.9 Å². The van der Waals surface area contributed by atoms with Crippen LogP contribution in [0.5, 0.6) is 0 Å². The van der Waals surface area contributed by atoms with Crippen molar-refractivity contribution in [3.8, 4) is 22.3 Å². The monoisotopic (exact) mass is 576 g/mol. The number of carbonyl (C=O) groups is 2. The summed E-state index contributed by atoms with van der Waals surface area (Å²) in [6, 6.07) is 23.0. The minimum Gasteiger partial charge on any atom is -0.478 e. The van der Waals surface area contributed by atoms with E-state index < -0.39 is 20.0 Å². The van der Waals surface area contributed by atoms with Crippen LogP contribution in [0, 0.1) is 0 Å². The van der Waals surface area contributed by atoms with Crippen LogP contribution in [0.4, 0.5) is 0 Å². The van der Waals surface area contributed by atoms with Crippen molar-refractivity contribution in [3.05, 3.63) is 92.9 Å². The topological polar surface area (TPSA) is 74.6 Å². The lowest BCUT2D eigenvalue weighted by Crippen LogP contribution is -2.71. The van der Waals surface area contributed by atoms with Crippen LogP contribution in [-0.2, 0) is 0 Å². The molecule has 0 amide bonds. The fourth-order valence-corrected chi connectivity index (χ4v) is 12.3. The van der Waals surface area contributed by atoms with Gasteiger partial charge in [-0.05, 0) is 91.5 Å². The largest absolute Gasteiger partial charge is 0.478 e. The van der Waals surface area contributed by atoms with E-state index in [1.807, 2.05) is 24.3 Å². The molecule has 4 aromatic rings. The minimum atomic E-state index is -2.96. The molecule has 7 heteroatoms. The highest BCUT2D eigenvalue weighted by Crippen LogP contribution is 2.38. The molecule has 0 saturated carbocycles. The lowest BCUT2D eigenvalue weighted by atomic mass is 10.0. The molecule has 6 rings (SSSR count). The second-order valence-corrected chi connectivity index (χ2v) is 13.7. The summed E-state index contributed by atoms with van der Waals surface area (Å²) < 4.78 is 1.86. The van der Waals surface area contributed by atoms with Gasteiger partial charge in [-0.2, -0.15) is 0 Å². The van der Waals surface area contributed by atoms with Crippen molar-refractivity contribution in [1.82, 2.24) is 0 Å². The Labute approximate surface area is 206 Å². The first kappa shape index (κ1) is 20.6. The second-order valence-electron chi connectivity index (χ2n) is 8.26. The lowest BCUT2D eigenvalue weighted by molar-refractivity contribution is 0.0686. The van der Waals surface area contributed by atoms with Gasteiger partial charge < -0.3 is 10.2 Å². The predicted molar refractivity (Wildman–Crippen MR) is 137 cm³/mol. The Kier molecular flexibility index (Phi) is 4.37. The Bertz CT molecular complexity index is 1440. The maximum absolute atomic E-state index is 11.9. The Hall–Kier alpha value is -3.00. The van der Waals surface area contributed by atoms with Crippen molar-refractivity contribution in [2.75, 3.05) is 0 Å². The molecule has 0 fully saturated rings. The van der Waals surface area contributed by atoms with E-state index in [4.69, 9.17) is 0 Å². The smallest absolute Gasteiger partial charge is 0.335 e. The standard InChI is InChI=1S/C26H14Br2O4Si/c27-15-3-7-19-20-8-4-16(28)12-24(20)33(23(19)11-15)21-9-13(25(29)30)1-5-17(21)18-6-2-14(26(31)32)10-22(18)33/h1-12H,(H,29,30)(H,31,32). The summed E-state index contributed by atoms with van der Waals surface area (Å²) in [4.78, 5) is 23.9. The van der Waals surface area contributed by atoms with Gasteiger partial charge in [0.25, 0.3) is 0 Å². The van der Waals surface area contributed by atoms with Crippen molar-refractivity contribution >= 4 is 72.6 Å². The quantitative estimate of drug-likeness (QED) is 0.306. The molecule has 33 heavy (non-hydrogen) atoms. The number of aromatic carboxylic acids is 2. The van der Waals surface area contributed by atoms with E-state index in [1.54, 1.807) is 24.3 Å². The molecule has 0 saturated heterocycles. The van der Waals surface area contributed by atoms with Crippen LogP contribution in [0.2, 0.25) is 0 Å². The molecule has 4 nitrogen and oxygen atoms in total. The molecule has 1 spiro atoms. The number of halogens is 2. The van der Waals surface area contributed by atoms with Crippen LogP contribution in [0.15, 0.2) is 81.7 Å². The summed E-state index contributed by atoms with van der Waals surface area (Å²) in [7, 11) is -2.96. The summed E-state index contributed by atoms with van der Waals surface area (Å²) in [5.41, 5.74) is 4.61. The number of benzene rings is 4. The van der Waals surface area contributed by atoms with Gasteiger partial charge in [-0.3, -0.25) is 0 Å². The molecule has 2 N–H and O–H groups in total. The van der Waals surface area contributed by atoms with E-state index in [2.05, 4.69) is 56.1 Å². The molecule has 0 bridgehead atoms. The number of hydrogen-bond donors (Lipinski definition) is 2. The second kappa shape index (κ2) is 7.00. The van der Waals surface area contributed by atoms with Gasteiger partial charge in [-0.1, -0.05) is 56.1 Å². The van der Waals surface area contributed by atoms with E-state index in [-0.39, 0.29) is 11.1 Å². The maximum Gasteiger partial charge on any atom is 0.335 e. The van der Waals surface area contributed by atoms with Crippen LogP contribution < -0.4 is 20.7 Å². The highest BCUT2D eigenvalue weighted by Gasteiger charge is 2.54. The first-order chi connectivity index (χ1) is 15.8. The number of hydrogen-bond acceptors (Lipinski definition) is 2. The zero-order chi connectivity index (χ0) is 23.1. The number of carboxylic acids is 2. The molecule has 0 aromatic heterocycles. The molecule has 0 unspecified atom stereocenters. The van der Waals surface area contributed by atoms with Gasteiger partial charge in [0.15, 0.2) is 8.07 Å². The Morgan fingerprint density at radius 2 is 0.879 bits per heavy atom. The van der Waals surface area contributed by atoms with Crippen LogP contribution in [0.25, 0.3) is 22.3 Å². The first-order valence-corrected chi connectivity index (χ1v) is 13.8. The summed E-state index contributed by atoms with van der Waals surface area (Å²) in [6.07, 6.45) is 0. The fourth-order valence-electron chi connectivity index (χ4n) is 5.44. The van der Waals surface area contributed by atoms with E-state index in [0.717, 1.165) is 51.9 Å². The molecule has 160 valence electrons. The van der Waals surface area contributed by atoms with Gasteiger partial charge in [0.1, 0.15) is 0 Å². The number of carboxylic acid groups (broad SMARTS) is 2. The molecule has 2 aliphatic rings. The van der Waals surface area contributed by atoms with E-state index in [9.17, 15) is 19.8 Å². The molecule has 0 radical (unpaired) electrons. The summed E-state index contributed by atoms with van der Waals surface area (Å²) in [6.45, 7) is 0. The third-order valence-electron chi connectivity index (χ3n) is 6.69.